The van der Waals surface area contributed by atoms with E-state index in [4.69, 9.17) is 0 Å². The van der Waals surface area contributed by atoms with Crippen molar-refractivity contribution in [3.05, 3.63) is 58.7 Å². The molecule has 156 valence electrons. The number of nitrogens with zero attached hydrogens (tertiary/aromatic N) is 2. The molecule has 0 bridgehead atoms. The number of fused-ring (bicyclic) bond motifs is 1. The molecule has 1 aliphatic carbocycles. The summed E-state index contributed by atoms with van der Waals surface area (Å²) in [6, 6.07) is 8.88. The first-order valence-electron chi connectivity index (χ1n) is 9.71. The van der Waals surface area contributed by atoms with Crippen LogP contribution in [0.25, 0.3) is 16.6 Å². The Morgan fingerprint density at radius 3 is 2.43 bits per heavy atom. The molecule has 30 heavy (non-hydrogen) atoms. The maximum absolute atomic E-state index is 13.3. The van der Waals surface area contributed by atoms with Gasteiger partial charge in [0.05, 0.1) is 23.2 Å². The summed E-state index contributed by atoms with van der Waals surface area (Å²) in [6.07, 6.45) is -1.37. The lowest BCUT2D eigenvalue weighted by Crippen LogP contribution is -2.05. The van der Waals surface area contributed by atoms with Gasteiger partial charge in [0.2, 0.25) is 5.88 Å². The average Bonchev–Trinajstić information content (AvgIpc) is 3.45. The molecule has 1 heterocycles. The number of hydrogen-bond acceptors (Lipinski definition) is 3. The molecule has 4 rings (SSSR count). The van der Waals surface area contributed by atoms with Crippen molar-refractivity contribution in [2.24, 2.45) is 10.9 Å². The number of aryl methyl sites for hydroxylation is 2. The van der Waals surface area contributed by atoms with Crippen molar-refractivity contribution in [1.82, 2.24) is 4.57 Å². The van der Waals surface area contributed by atoms with E-state index in [0.717, 1.165) is 36.1 Å². The summed E-state index contributed by atoms with van der Waals surface area (Å²) in [5, 5.41) is 11.4. The molecule has 0 atom stereocenters. The minimum Gasteiger partial charge on any atom is -0.494 e. The molecule has 1 aliphatic rings. The largest absolute Gasteiger partial charge is 0.494 e. The maximum Gasteiger partial charge on any atom is 0.416 e. The van der Waals surface area contributed by atoms with Gasteiger partial charge in [-0.05, 0) is 62.1 Å². The molecule has 0 spiro atoms. The van der Waals surface area contributed by atoms with Crippen LogP contribution in [-0.2, 0) is 11.0 Å². The standard InChI is InChI=1S/C23H21F3N2O2/c1-13-7-14(2)9-17(8-13)28-20-10-16(23(24,25)26)5-6-18(20)19(22(28)30)11-27-12-21(29)15-3-4-15/h5-11,15,30H,3-4,12H2,1-2H3. The molecular weight excluding hydrogens is 393 g/mol. The fourth-order valence-corrected chi connectivity index (χ4v) is 3.71. The SMILES string of the molecule is Cc1cc(C)cc(-n2c(O)c(C=NCC(=O)C3CC3)c3ccc(C(F)(F)F)cc32)c1. The molecule has 0 aliphatic heterocycles. The molecule has 1 N–H and O–H groups in total. The van der Waals surface area contributed by atoms with Crippen molar-refractivity contribution in [1.29, 1.82) is 0 Å². The van der Waals surface area contributed by atoms with Crippen molar-refractivity contribution in [3.8, 4) is 11.6 Å². The number of aromatic hydroxyl groups is 1. The van der Waals surface area contributed by atoms with Crippen LogP contribution in [-0.4, -0.2) is 28.2 Å². The van der Waals surface area contributed by atoms with Crippen LogP contribution >= 0.6 is 0 Å². The summed E-state index contributed by atoms with van der Waals surface area (Å²) in [5.74, 6) is -0.0956. The van der Waals surface area contributed by atoms with Gasteiger partial charge in [-0.2, -0.15) is 13.2 Å². The van der Waals surface area contributed by atoms with Gasteiger partial charge in [-0.1, -0.05) is 12.1 Å². The highest BCUT2D eigenvalue weighted by Crippen LogP contribution is 2.38. The second-order valence-corrected chi connectivity index (χ2v) is 7.86. The van der Waals surface area contributed by atoms with E-state index in [1.54, 1.807) is 12.1 Å². The molecule has 4 nitrogen and oxygen atoms in total. The number of aliphatic imine (C=N–C) groups is 1. The van der Waals surface area contributed by atoms with Crippen molar-refractivity contribution >= 4 is 22.9 Å². The first-order valence-corrected chi connectivity index (χ1v) is 9.71. The third-order valence-electron chi connectivity index (χ3n) is 5.27. The lowest BCUT2D eigenvalue weighted by Gasteiger charge is -2.11. The highest BCUT2D eigenvalue weighted by atomic mass is 19.4. The molecule has 1 saturated carbocycles. The number of Topliss-reactive ketones (excluding diaryl/α,β-unsaturated/α-hetero) is 1. The lowest BCUT2D eigenvalue weighted by atomic mass is 10.1. The molecule has 2 aromatic carbocycles. The number of alkyl halides is 3. The molecule has 0 radical (unpaired) electrons. The smallest absolute Gasteiger partial charge is 0.416 e. The second kappa shape index (κ2) is 7.31. The van der Waals surface area contributed by atoms with E-state index in [9.17, 15) is 23.1 Å². The van der Waals surface area contributed by atoms with E-state index in [0.29, 0.717) is 16.6 Å². The quantitative estimate of drug-likeness (QED) is 0.571. The fourth-order valence-electron chi connectivity index (χ4n) is 3.71. The minimum atomic E-state index is -4.51. The second-order valence-electron chi connectivity index (χ2n) is 7.86. The van der Waals surface area contributed by atoms with Crippen LogP contribution in [0.1, 0.15) is 35.1 Å². The predicted octanol–water partition coefficient (Wildman–Crippen LogP) is 5.37. The van der Waals surface area contributed by atoms with Gasteiger partial charge in [0.15, 0.2) is 5.78 Å². The Morgan fingerprint density at radius 1 is 1.17 bits per heavy atom. The number of benzene rings is 2. The molecule has 1 fully saturated rings. The molecule has 7 heteroatoms. The third kappa shape index (κ3) is 3.84. The van der Waals surface area contributed by atoms with Crippen LogP contribution in [0.4, 0.5) is 13.2 Å². The van der Waals surface area contributed by atoms with E-state index in [2.05, 4.69) is 4.99 Å². The Labute approximate surface area is 171 Å². The van der Waals surface area contributed by atoms with Gasteiger partial charge in [-0.15, -0.1) is 0 Å². The molecule has 3 aromatic rings. The number of ketones is 1. The molecule has 0 unspecified atom stereocenters. The summed E-state index contributed by atoms with van der Waals surface area (Å²) in [7, 11) is 0. The molecule has 0 amide bonds. The van der Waals surface area contributed by atoms with Gasteiger partial charge < -0.3 is 5.11 Å². The van der Waals surface area contributed by atoms with Crippen molar-refractivity contribution in [3.63, 3.8) is 0 Å². The average molecular weight is 414 g/mol. The van der Waals surface area contributed by atoms with Gasteiger partial charge in [-0.3, -0.25) is 14.4 Å². The first kappa shape index (κ1) is 20.2. The van der Waals surface area contributed by atoms with Crippen LogP contribution in [0.15, 0.2) is 41.4 Å². The molecular formula is C23H21F3N2O2. The van der Waals surface area contributed by atoms with E-state index < -0.39 is 11.7 Å². The number of hydrogen-bond donors (Lipinski definition) is 1. The highest BCUT2D eigenvalue weighted by molar-refractivity contribution is 6.04. The van der Waals surface area contributed by atoms with Crippen LogP contribution in [0.5, 0.6) is 5.88 Å². The van der Waals surface area contributed by atoms with E-state index in [-0.39, 0.29) is 29.6 Å². The summed E-state index contributed by atoms with van der Waals surface area (Å²) < 4.78 is 41.4. The van der Waals surface area contributed by atoms with Gasteiger partial charge in [-0.25, -0.2) is 0 Å². The Balaban J connectivity index is 1.88. The van der Waals surface area contributed by atoms with E-state index in [1.165, 1.54) is 16.8 Å². The minimum absolute atomic E-state index is 0.000960. The first-order chi connectivity index (χ1) is 14.1. The van der Waals surface area contributed by atoms with Crippen molar-refractivity contribution < 1.29 is 23.1 Å². The number of aromatic nitrogens is 1. The normalized spacial score (nSPS) is 14.7. The fraction of sp³-hybridized carbons (Fsp3) is 0.304. The monoisotopic (exact) mass is 414 g/mol. The van der Waals surface area contributed by atoms with Crippen LogP contribution in [0.3, 0.4) is 0 Å². The number of rotatable bonds is 5. The van der Waals surface area contributed by atoms with Gasteiger partial charge >= 0.3 is 6.18 Å². The summed E-state index contributed by atoms with van der Waals surface area (Å²) in [4.78, 5) is 16.1. The third-order valence-corrected chi connectivity index (χ3v) is 5.27. The Bertz CT molecular complexity index is 1150. The van der Waals surface area contributed by atoms with Gasteiger partial charge in [0, 0.05) is 23.2 Å². The van der Waals surface area contributed by atoms with Gasteiger partial charge in [0.1, 0.15) is 0 Å². The molecule has 1 aromatic heterocycles. The lowest BCUT2D eigenvalue weighted by molar-refractivity contribution is -0.137. The molecule has 0 saturated heterocycles. The maximum atomic E-state index is 13.3. The summed E-state index contributed by atoms with van der Waals surface area (Å²) >= 11 is 0. The Hall–Kier alpha value is -3.09. The van der Waals surface area contributed by atoms with Crippen LogP contribution in [0, 0.1) is 19.8 Å². The van der Waals surface area contributed by atoms with Crippen LogP contribution < -0.4 is 0 Å². The van der Waals surface area contributed by atoms with Gasteiger partial charge in [0.25, 0.3) is 0 Å². The predicted molar refractivity (Wildman–Crippen MR) is 110 cm³/mol. The van der Waals surface area contributed by atoms with Crippen molar-refractivity contribution in [2.75, 3.05) is 6.54 Å². The topological polar surface area (TPSA) is 54.6 Å². The Morgan fingerprint density at radius 2 is 1.83 bits per heavy atom. The van der Waals surface area contributed by atoms with E-state index >= 15 is 0 Å². The highest BCUT2D eigenvalue weighted by Gasteiger charge is 2.32. The summed E-state index contributed by atoms with van der Waals surface area (Å²) in [6.45, 7) is 3.76. The zero-order chi connectivity index (χ0) is 21.6. The van der Waals surface area contributed by atoms with Crippen LogP contribution in [0.2, 0.25) is 0 Å². The zero-order valence-electron chi connectivity index (χ0n) is 16.6. The number of carbonyl (C=O) groups excluding carboxylic acids is 1. The van der Waals surface area contributed by atoms with Crippen molar-refractivity contribution in [2.45, 2.75) is 32.9 Å². The number of carbonyl (C=O) groups is 1. The summed E-state index contributed by atoms with van der Waals surface area (Å²) in [5.41, 5.74) is 2.12. The zero-order valence-corrected chi connectivity index (χ0v) is 16.6. The van der Waals surface area contributed by atoms with E-state index in [1.807, 2.05) is 19.9 Å². The number of halogens is 3. The Kier molecular flexibility index (Phi) is 4.92.